The molecule has 19 heavy (non-hydrogen) atoms. The number of halogens is 2. The molecule has 1 aromatic heterocycles. The zero-order valence-electron chi connectivity index (χ0n) is 10.5. The first-order chi connectivity index (χ1) is 8.95. The predicted octanol–water partition coefficient (Wildman–Crippen LogP) is 2.81. The van der Waals surface area contributed by atoms with Gasteiger partial charge in [0.2, 0.25) is 0 Å². The zero-order chi connectivity index (χ0) is 14.2. The van der Waals surface area contributed by atoms with E-state index in [-0.39, 0.29) is 5.15 Å². The van der Waals surface area contributed by atoms with E-state index in [4.69, 9.17) is 11.6 Å². The maximum Gasteiger partial charge on any atom is 0.334 e. The van der Waals surface area contributed by atoms with Crippen LogP contribution in [0.1, 0.15) is 18.1 Å². The Hall–Kier alpha value is -1.33. The van der Waals surface area contributed by atoms with Crippen molar-refractivity contribution < 1.29 is 0 Å². The van der Waals surface area contributed by atoms with E-state index < -0.39 is 11.2 Å². The van der Waals surface area contributed by atoms with Crippen molar-refractivity contribution in [3.8, 4) is 5.69 Å². The van der Waals surface area contributed by atoms with Gasteiger partial charge in [0.05, 0.1) is 11.3 Å². The normalized spacial score (nSPS) is 10.7. The largest absolute Gasteiger partial charge is 0.334 e. The molecule has 0 amide bonds. The van der Waals surface area contributed by atoms with Crippen LogP contribution in [0.3, 0.4) is 0 Å². The number of H-pyrrole nitrogens is 1. The second-order valence-electron chi connectivity index (χ2n) is 4.14. The maximum absolute atomic E-state index is 12.2. The highest BCUT2D eigenvalue weighted by Gasteiger charge is 2.13. The standard InChI is InChI=1S/C13H12BrClN2O2/c1-3-8-6-9(14)4-5-10(8)17-12(18)7(2)11(15)16-13(17)19/h4-6H,3H2,1-2H3,(H,16,19). The number of benzene rings is 1. The second-order valence-corrected chi connectivity index (χ2v) is 5.43. The van der Waals surface area contributed by atoms with Gasteiger partial charge in [0.15, 0.2) is 0 Å². The van der Waals surface area contributed by atoms with Crippen molar-refractivity contribution in [1.29, 1.82) is 0 Å². The van der Waals surface area contributed by atoms with E-state index in [0.29, 0.717) is 17.7 Å². The Morgan fingerprint density at radius 3 is 2.68 bits per heavy atom. The minimum absolute atomic E-state index is 0.0846. The molecule has 1 N–H and O–H groups in total. The summed E-state index contributed by atoms with van der Waals surface area (Å²) in [5.74, 6) is 0. The quantitative estimate of drug-likeness (QED) is 0.853. The van der Waals surface area contributed by atoms with E-state index in [1.54, 1.807) is 19.1 Å². The lowest BCUT2D eigenvalue weighted by molar-refractivity contribution is 0.846. The third-order valence-electron chi connectivity index (χ3n) is 2.94. The Kier molecular flexibility index (Phi) is 3.96. The molecule has 2 rings (SSSR count). The molecule has 4 nitrogen and oxygen atoms in total. The minimum atomic E-state index is -0.530. The van der Waals surface area contributed by atoms with Crippen LogP contribution in [0, 0.1) is 6.92 Å². The molecule has 6 heteroatoms. The van der Waals surface area contributed by atoms with Gasteiger partial charge in [0.1, 0.15) is 5.15 Å². The summed E-state index contributed by atoms with van der Waals surface area (Å²) in [5, 5.41) is 0.0846. The number of hydrogen-bond donors (Lipinski definition) is 1. The number of aromatic nitrogens is 2. The van der Waals surface area contributed by atoms with E-state index in [0.717, 1.165) is 14.6 Å². The van der Waals surface area contributed by atoms with Crippen molar-refractivity contribution >= 4 is 27.5 Å². The van der Waals surface area contributed by atoms with Crippen molar-refractivity contribution in [3.63, 3.8) is 0 Å². The summed E-state index contributed by atoms with van der Waals surface area (Å²) in [6, 6.07) is 5.43. The van der Waals surface area contributed by atoms with Crippen LogP contribution < -0.4 is 11.2 Å². The molecule has 2 aromatic rings. The molecule has 0 aliphatic rings. The fraction of sp³-hybridized carbons (Fsp3) is 0.231. The van der Waals surface area contributed by atoms with Gasteiger partial charge in [-0.05, 0) is 37.1 Å². The highest BCUT2D eigenvalue weighted by atomic mass is 79.9. The van der Waals surface area contributed by atoms with Gasteiger partial charge >= 0.3 is 5.69 Å². The second kappa shape index (κ2) is 5.35. The lowest BCUT2D eigenvalue weighted by Crippen LogP contribution is -2.35. The summed E-state index contributed by atoms with van der Waals surface area (Å²) in [6.07, 6.45) is 0.711. The number of rotatable bonds is 2. The van der Waals surface area contributed by atoms with Gasteiger partial charge in [0, 0.05) is 4.47 Å². The molecule has 0 spiro atoms. The lowest BCUT2D eigenvalue weighted by atomic mass is 10.1. The molecule has 0 saturated heterocycles. The number of aromatic amines is 1. The van der Waals surface area contributed by atoms with Gasteiger partial charge in [-0.2, -0.15) is 0 Å². The Morgan fingerprint density at radius 1 is 1.37 bits per heavy atom. The molecule has 1 aromatic carbocycles. The number of aryl methyl sites for hydroxylation is 1. The van der Waals surface area contributed by atoms with Gasteiger partial charge in [-0.25, -0.2) is 9.36 Å². The Balaban J connectivity index is 2.84. The Labute approximate surface area is 123 Å². The summed E-state index contributed by atoms with van der Waals surface area (Å²) in [5.41, 5.74) is 0.884. The SMILES string of the molecule is CCc1cc(Br)ccc1-n1c(=O)[nH]c(Cl)c(C)c1=O. The van der Waals surface area contributed by atoms with E-state index in [1.807, 2.05) is 13.0 Å². The van der Waals surface area contributed by atoms with Crippen LogP contribution in [0.15, 0.2) is 32.3 Å². The molecule has 0 radical (unpaired) electrons. The molecule has 0 atom stereocenters. The van der Waals surface area contributed by atoms with Crippen molar-refractivity contribution in [2.45, 2.75) is 20.3 Å². The molecule has 0 aliphatic carbocycles. The predicted molar refractivity (Wildman–Crippen MR) is 79.5 cm³/mol. The summed E-state index contributed by atoms with van der Waals surface area (Å²) in [7, 11) is 0. The molecule has 0 saturated carbocycles. The van der Waals surface area contributed by atoms with Crippen molar-refractivity contribution in [3.05, 3.63) is 59.8 Å². The molecule has 0 bridgehead atoms. The number of nitrogens with one attached hydrogen (secondary N) is 1. The van der Waals surface area contributed by atoms with Gasteiger partial charge < -0.3 is 0 Å². The molecule has 1 heterocycles. The summed E-state index contributed by atoms with van der Waals surface area (Å²) >= 11 is 9.18. The van der Waals surface area contributed by atoms with E-state index >= 15 is 0 Å². The van der Waals surface area contributed by atoms with Crippen LogP contribution in [-0.4, -0.2) is 9.55 Å². The van der Waals surface area contributed by atoms with Gasteiger partial charge in [-0.15, -0.1) is 0 Å². The smallest absolute Gasteiger partial charge is 0.297 e. The van der Waals surface area contributed by atoms with Crippen LogP contribution in [0.5, 0.6) is 0 Å². The Morgan fingerprint density at radius 2 is 2.05 bits per heavy atom. The fourth-order valence-electron chi connectivity index (χ4n) is 1.87. The highest BCUT2D eigenvalue weighted by Crippen LogP contribution is 2.19. The summed E-state index contributed by atoms with van der Waals surface area (Å²) in [6.45, 7) is 3.55. The molecular weight excluding hydrogens is 332 g/mol. The number of hydrogen-bond acceptors (Lipinski definition) is 2. The fourth-order valence-corrected chi connectivity index (χ4v) is 2.44. The first-order valence-electron chi connectivity index (χ1n) is 5.76. The van der Waals surface area contributed by atoms with Crippen LogP contribution in [0.4, 0.5) is 0 Å². The third kappa shape index (κ3) is 2.53. The molecule has 0 unspecified atom stereocenters. The van der Waals surface area contributed by atoms with Crippen LogP contribution >= 0.6 is 27.5 Å². The van der Waals surface area contributed by atoms with E-state index in [9.17, 15) is 9.59 Å². The minimum Gasteiger partial charge on any atom is -0.297 e. The third-order valence-corrected chi connectivity index (χ3v) is 3.81. The average Bonchev–Trinajstić information content (AvgIpc) is 2.37. The van der Waals surface area contributed by atoms with Gasteiger partial charge in [-0.1, -0.05) is 34.5 Å². The van der Waals surface area contributed by atoms with Crippen molar-refractivity contribution in [1.82, 2.24) is 9.55 Å². The van der Waals surface area contributed by atoms with Crippen LogP contribution in [-0.2, 0) is 6.42 Å². The highest BCUT2D eigenvalue weighted by molar-refractivity contribution is 9.10. The van der Waals surface area contributed by atoms with Crippen molar-refractivity contribution in [2.75, 3.05) is 0 Å². The van der Waals surface area contributed by atoms with E-state index in [1.165, 1.54) is 0 Å². The van der Waals surface area contributed by atoms with Gasteiger partial charge in [0.25, 0.3) is 5.56 Å². The zero-order valence-corrected chi connectivity index (χ0v) is 12.8. The molecule has 0 aliphatic heterocycles. The molecule has 100 valence electrons. The first kappa shape index (κ1) is 14.1. The van der Waals surface area contributed by atoms with E-state index in [2.05, 4.69) is 20.9 Å². The lowest BCUT2D eigenvalue weighted by Gasteiger charge is -2.11. The summed E-state index contributed by atoms with van der Waals surface area (Å²) in [4.78, 5) is 26.7. The summed E-state index contributed by atoms with van der Waals surface area (Å²) < 4.78 is 2.02. The average molecular weight is 344 g/mol. The number of nitrogens with zero attached hydrogens (tertiary/aromatic N) is 1. The van der Waals surface area contributed by atoms with Crippen molar-refractivity contribution in [2.24, 2.45) is 0 Å². The molecular formula is C13H12BrClN2O2. The molecule has 0 fully saturated rings. The Bertz CT molecular complexity index is 749. The maximum atomic E-state index is 12.2. The van der Waals surface area contributed by atoms with Gasteiger partial charge in [-0.3, -0.25) is 9.78 Å². The monoisotopic (exact) mass is 342 g/mol. The topological polar surface area (TPSA) is 54.9 Å². The first-order valence-corrected chi connectivity index (χ1v) is 6.93. The van der Waals surface area contributed by atoms with Crippen LogP contribution in [0.2, 0.25) is 5.15 Å². The van der Waals surface area contributed by atoms with Crippen LogP contribution in [0.25, 0.3) is 5.69 Å².